The highest BCUT2D eigenvalue weighted by atomic mass is 16.3. The lowest BCUT2D eigenvalue weighted by Crippen LogP contribution is -2.01. The summed E-state index contributed by atoms with van der Waals surface area (Å²) < 4.78 is 0. The number of aryl methyl sites for hydroxylation is 4. The summed E-state index contributed by atoms with van der Waals surface area (Å²) in [4.78, 5) is 0. The van der Waals surface area contributed by atoms with Gasteiger partial charge in [0, 0.05) is 30.4 Å². The van der Waals surface area contributed by atoms with E-state index in [4.69, 9.17) is 0 Å². The summed E-state index contributed by atoms with van der Waals surface area (Å²) in [7, 11) is 0. The highest BCUT2D eigenvalue weighted by molar-refractivity contribution is 5.55. The first-order chi connectivity index (χ1) is 16.6. The largest absolute Gasteiger partial charge is 0.508 e. The lowest BCUT2D eigenvalue weighted by atomic mass is 9.91. The number of aromatic hydroxyl groups is 4. The molecule has 0 aliphatic heterocycles. The van der Waals surface area contributed by atoms with Crippen LogP contribution in [0.3, 0.4) is 0 Å². The van der Waals surface area contributed by atoms with Gasteiger partial charge in [-0.25, -0.2) is 0 Å². The van der Waals surface area contributed by atoms with Gasteiger partial charge in [0.1, 0.15) is 23.0 Å². The van der Waals surface area contributed by atoms with Crippen molar-refractivity contribution in [2.45, 2.75) is 47.0 Å². The molecule has 4 aromatic carbocycles. The Morgan fingerprint density at radius 3 is 1.26 bits per heavy atom. The Bertz CT molecular complexity index is 1290. The molecule has 0 aliphatic carbocycles. The number of phenolic OH excluding ortho intramolecular Hbond substituents is 4. The molecule has 0 amide bonds. The fraction of sp³-hybridized carbons (Fsp3) is 0.226. The molecule has 180 valence electrons. The van der Waals surface area contributed by atoms with Crippen LogP contribution in [0.5, 0.6) is 23.0 Å². The van der Waals surface area contributed by atoms with Crippen molar-refractivity contribution in [3.63, 3.8) is 0 Å². The first-order valence-electron chi connectivity index (χ1n) is 11.8. The number of benzene rings is 4. The molecule has 0 heterocycles. The number of hydrogen-bond donors (Lipinski definition) is 4. The van der Waals surface area contributed by atoms with Crippen LogP contribution in [0.2, 0.25) is 0 Å². The Hall–Kier alpha value is -3.92. The van der Waals surface area contributed by atoms with Crippen LogP contribution in [0, 0.1) is 27.7 Å². The molecular weight excluding hydrogens is 436 g/mol. The number of rotatable bonds is 6. The molecule has 0 atom stereocenters. The van der Waals surface area contributed by atoms with E-state index in [1.165, 1.54) is 0 Å². The van der Waals surface area contributed by atoms with E-state index in [1.807, 2.05) is 76.2 Å². The summed E-state index contributed by atoms with van der Waals surface area (Å²) in [5.41, 5.74) is 8.44. The topological polar surface area (TPSA) is 80.9 Å². The Kier molecular flexibility index (Phi) is 6.74. The van der Waals surface area contributed by atoms with Gasteiger partial charge in [0.25, 0.3) is 0 Å². The highest BCUT2D eigenvalue weighted by Gasteiger charge is 2.17. The molecule has 35 heavy (non-hydrogen) atoms. The highest BCUT2D eigenvalue weighted by Crippen LogP contribution is 2.36. The van der Waals surface area contributed by atoms with E-state index in [0.717, 1.165) is 44.5 Å². The van der Waals surface area contributed by atoms with E-state index in [2.05, 4.69) is 0 Å². The van der Waals surface area contributed by atoms with Crippen molar-refractivity contribution in [1.29, 1.82) is 0 Å². The van der Waals surface area contributed by atoms with Crippen molar-refractivity contribution in [2.75, 3.05) is 0 Å². The molecule has 4 nitrogen and oxygen atoms in total. The lowest BCUT2D eigenvalue weighted by Gasteiger charge is -2.17. The molecule has 4 N–H and O–H groups in total. The third kappa shape index (κ3) is 5.12. The van der Waals surface area contributed by atoms with Gasteiger partial charge >= 0.3 is 0 Å². The second-order valence-corrected chi connectivity index (χ2v) is 9.53. The SMILES string of the molecule is Cc1ccc(O)c(Cc2c(C)ccc(Cc3ccc(C)c(Cc4cc(C)ccc4O)c3O)c2O)c1. The first-order valence-corrected chi connectivity index (χ1v) is 11.8. The average Bonchev–Trinajstić information content (AvgIpc) is 2.82. The van der Waals surface area contributed by atoms with Gasteiger partial charge in [0.15, 0.2) is 0 Å². The van der Waals surface area contributed by atoms with Crippen LogP contribution in [0.4, 0.5) is 0 Å². The Morgan fingerprint density at radius 1 is 0.457 bits per heavy atom. The van der Waals surface area contributed by atoms with Gasteiger partial charge in [-0.15, -0.1) is 0 Å². The van der Waals surface area contributed by atoms with Crippen molar-refractivity contribution < 1.29 is 20.4 Å². The van der Waals surface area contributed by atoms with Gasteiger partial charge in [0.05, 0.1) is 0 Å². The monoisotopic (exact) mass is 468 g/mol. The van der Waals surface area contributed by atoms with E-state index in [0.29, 0.717) is 30.4 Å². The minimum atomic E-state index is 0.184. The average molecular weight is 469 g/mol. The Morgan fingerprint density at radius 2 is 0.857 bits per heavy atom. The van der Waals surface area contributed by atoms with Crippen molar-refractivity contribution in [3.8, 4) is 23.0 Å². The zero-order valence-electron chi connectivity index (χ0n) is 20.7. The predicted octanol–water partition coefficient (Wildman–Crippen LogP) is 6.52. The van der Waals surface area contributed by atoms with Gasteiger partial charge in [0.2, 0.25) is 0 Å². The van der Waals surface area contributed by atoms with Gasteiger partial charge in [-0.05, 0) is 73.2 Å². The fourth-order valence-electron chi connectivity index (χ4n) is 4.60. The second kappa shape index (κ2) is 9.75. The maximum atomic E-state index is 11.2. The maximum Gasteiger partial charge on any atom is 0.122 e. The summed E-state index contributed by atoms with van der Waals surface area (Å²) in [6.45, 7) is 7.84. The normalized spacial score (nSPS) is 11.1. The van der Waals surface area contributed by atoms with E-state index in [9.17, 15) is 20.4 Å². The molecule has 0 bridgehead atoms. The fourth-order valence-corrected chi connectivity index (χ4v) is 4.60. The summed E-state index contributed by atoms with van der Waals surface area (Å²) in [6, 6.07) is 18.6. The molecule has 0 unspecified atom stereocenters. The van der Waals surface area contributed by atoms with Crippen molar-refractivity contribution in [3.05, 3.63) is 116 Å². The van der Waals surface area contributed by atoms with Gasteiger partial charge < -0.3 is 20.4 Å². The smallest absolute Gasteiger partial charge is 0.122 e. The molecule has 4 heteroatoms. The van der Waals surface area contributed by atoms with Gasteiger partial charge in [-0.2, -0.15) is 0 Å². The molecule has 0 saturated heterocycles. The van der Waals surface area contributed by atoms with Crippen LogP contribution in [0.15, 0.2) is 60.7 Å². The molecule has 0 aliphatic rings. The molecule has 0 aromatic heterocycles. The summed E-state index contributed by atoms with van der Waals surface area (Å²) in [5.74, 6) is 0.785. The van der Waals surface area contributed by atoms with Crippen LogP contribution in [-0.4, -0.2) is 20.4 Å². The van der Waals surface area contributed by atoms with Crippen molar-refractivity contribution in [2.24, 2.45) is 0 Å². The van der Waals surface area contributed by atoms with Crippen molar-refractivity contribution >= 4 is 0 Å². The summed E-state index contributed by atoms with van der Waals surface area (Å²) >= 11 is 0. The second-order valence-electron chi connectivity index (χ2n) is 9.53. The number of hydrogen-bond acceptors (Lipinski definition) is 4. The van der Waals surface area contributed by atoms with Crippen LogP contribution in [0.1, 0.15) is 55.6 Å². The quantitative estimate of drug-likeness (QED) is 0.260. The molecule has 0 fully saturated rings. The van der Waals surface area contributed by atoms with Crippen molar-refractivity contribution in [1.82, 2.24) is 0 Å². The predicted molar refractivity (Wildman–Crippen MR) is 140 cm³/mol. The third-order valence-corrected chi connectivity index (χ3v) is 6.79. The van der Waals surface area contributed by atoms with Crippen LogP contribution < -0.4 is 0 Å². The molecule has 0 spiro atoms. The van der Waals surface area contributed by atoms with Crippen LogP contribution in [-0.2, 0) is 19.3 Å². The maximum absolute atomic E-state index is 11.2. The van der Waals surface area contributed by atoms with Gasteiger partial charge in [-0.3, -0.25) is 0 Å². The van der Waals surface area contributed by atoms with E-state index < -0.39 is 0 Å². The van der Waals surface area contributed by atoms with Crippen LogP contribution in [0.25, 0.3) is 0 Å². The third-order valence-electron chi connectivity index (χ3n) is 6.79. The lowest BCUT2D eigenvalue weighted by molar-refractivity contribution is 0.454. The molecule has 4 rings (SSSR count). The molecular formula is C31H32O4. The molecule has 4 aromatic rings. The number of phenols is 4. The summed E-state index contributed by atoms with van der Waals surface area (Å²) in [5, 5.41) is 42.9. The van der Waals surface area contributed by atoms with E-state index in [-0.39, 0.29) is 23.0 Å². The molecule has 0 saturated carbocycles. The standard InChI is InChI=1S/C31H32O4/c1-18-5-11-28(32)24(13-18)16-26-20(3)7-9-22(30(26)34)15-23-10-8-21(4)27(31(23)35)17-25-14-19(2)6-12-29(25)33/h5-14,32-35H,15-17H2,1-4H3. The minimum absolute atomic E-state index is 0.184. The summed E-state index contributed by atoms with van der Waals surface area (Å²) in [6.07, 6.45) is 1.19. The first kappa shape index (κ1) is 24.2. The zero-order chi connectivity index (χ0) is 25.3. The molecule has 0 radical (unpaired) electrons. The van der Waals surface area contributed by atoms with E-state index in [1.54, 1.807) is 12.1 Å². The zero-order valence-corrected chi connectivity index (χ0v) is 20.7. The van der Waals surface area contributed by atoms with Gasteiger partial charge in [-0.1, -0.05) is 59.7 Å². The van der Waals surface area contributed by atoms with E-state index >= 15 is 0 Å². The Labute approximate surface area is 206 Å². The Balaban J connectivity index is 1.68. The van der Waals surface area contributed by atoms with Crippen LogP contribution >= 0.6 is 0 Å². The minimum Gasteiger partial charge on any atom is -0.508 e.